The van der Waals surface area contributed by atoms with Gasteiger partial charge in [-0.05, 0) is 48.5 Å². The molecule has 2 aromatic carbocycles. The molecule has 0 saturated carbocycles. The average molecular weight is 462 g/mol. The molecule has 0 atom stereocenters. The molecule has 0 radical (unpaired) electrons. The molecule has 0 fully saturated rings. The number of carbonyl (C=O) groups excluding carboxylic acids is 2. The first-order valence-corrected chi connectivity index (χ1v) is 10.1. The quantitative estimate of drug-likeness (QED) is 0.407. The first-order chi connectivity index (χ1) is 15.3. The normalized spacial score (nSPS) is 10.2. The lowest BCUT2D eigenvalue weighted by Gasteiger charge is -2.15. The summed E-state index contributed by atoms with van der Waals surface area (Å²) in [5, 5.41) is 2.42. The summed E-state index contributed by atoms with van der Waals surface area (Å²) in [6.45, 7) is 4.61. The van der Waals surface area contributed by atoms with Crippen molar-refractivity contribution < 1.29 is 28.5 Å². The van der Waals surface area contributed by atoms with Gasteiger partial charge < -0.3 is 18.9 Å². The summed E-state index contributed by atoms with van der Waals surface area (Å²) in [5.41, 5.74) is 5.51. The highest BCUT2D eigenvalue weighted by Gasteiger charge is 2.17. The van der Waals surface area contributed by atoms with Crippen LogP contribution in [0.5, 0.6) is 23.0 Å². The van der Waals surface area contributed by atoms with Gasteiger partial charge in [0.2, 0.25) is 5.75 Å². The molecule has 32 heavy (non-hydrogen) atoms. The van der Waals surface area contributed by atoms with Crippen LogP contribution in [0.3, 0.4) is 0 Å². The molecule has 0 aliphatic rings. The Morgan fingerprint density at radius 2 is 1.56 bits per heavy atom. The maximum atomic E-state index is 12.5. The maximum Gasteiger partial charge on any atom is 0.269 e. The molecule has 0 aromatic heterocycles. The second kappa shape index (κ2) is 11.8. The molecule has 9 nitrogen and oxygen atoms in total. The van der Waals surface area contributed by atoms with Gasteiger partial charge in [0, 0.05) is 11.1 Å². The minimum absolute atomic E-state index is 0.0794. The summed E-state index contributed by atoms with van der Waals surface area (Å²) in [6.07, 6.45) is 0. The molecule has 0 aliphatic heterocycles. The minimum atomic E-state index is -0.523. The summed E-state index contributed by atoms with van der Waals surface area (Å²) >= 11 is 5.10. The number of nitrogens with one attached hydrogen (secondary N) is 3. The van der Waals surface area contributed by atoms with E-state index < -0.39 is 11.8 Å². The molecule has 2 amide bonds. The van der Waals surface area contributed by atoms with Crippen LogP contribution < -0.4 is 35.1 Å². The van der Waals surface area contributed by atoms with Crippen LogP contribution in [0.25, 0.3) is 0 Å². The molecule has 0 bridgehead atoms. The van der Waals surface area contributed by atoms with Crippen molar-refractivity contribution in [1.82, 2.24) is 16.2 Å². The number of amides is 2. The SMILES string of the molecule is COc1cc(C(=O)NNC(=S)NC(=O)c2cccc(OCC(C)C)c2)cc(OC)c1OC. The highest BCUT2D eigenvalue weighted by molar-refractivity contribution is 7.80. The minimum Gasteiger partial charge on any atom is -0.493 e. The molecule has 2 rings (SSSR count). The van der Waals surface area contributed by atoms with E-state index in [1.807, 2.05) is 13.8 Å². The van der Waals surface area contributed by atoms with Crippen molar-refractivity contribution in [2.24, 2.45) is 5.92 Å². The Bertz CT molecular complexity index is 955. The monoisotopic (exact) mass is 461 g/mol. The summed E-state index contributed by atoms with van der Waals surface area (Å²) in [5.74, 6) is 0.991. The zero-order valence-electron chi connectivity index (χ0n) is 18.6. The predicted octanol–water partition coefficient (Wildman–Crippen LogP) is 2.70. The fraction of sp³-hybridized carbons (Fsp3) is 0.318. The van der Waals surface area contributed by atoms with E-state index in [1.54, 1.807) is 24.3 Å². The molecule has 0 spiro atoms. The van der Waals surface area contributed by atoms with Crippen LogP contribution in [0.4, 0.5) is 0 Å². The topological polar surface area (TPSA) is 107 Å². The molecule has 172 valence electrons. The van der Waals surface area contributed by atoms with Crippen LogP contribution in [-0.2, 0) is 0 Å². The Morgan fingerprint density at radius 3 is 2.12 bits per heavy atom. The van der Waals surface area contributed by atoms with Crippen LogP contribution in [0.2, 0.25) is 0 Å². The Kier molecular flexibility index (Phi) is 9.08. The number of rotatable bonds is 8. The Hall–Kier alpha value is -3.53. The summed E-state index contributed by atoms with van der Waals surface area (Å²) in [7, 11) is 4.37. The Morgan fingerprint density at radius 1 is 0.906 bits per heavy atom. The third kappa shape index (κ3) is 6.74. The smallest absolute Gasteiger partial charge is 0.269 e. The van der Waals surface area contributed by atoms with Crippen molar-refractivity contribution in [2.75, 3.05) is 27.9 Å². The van der Waals surface area contributed by atoms with Crippen molar-refractivity contribution in [3.63, 3.8) is 0 Å². The van der Waals surface area contributed by atoms with E-state index in [2.05, 4.69) is 16.2 Å². The van der Waals surface area contributed by atoms with Gasteiger partial charge in [0.05, 0.1) is 27.9 Å². The summed E-state index contributed by atoms with van der Waals surface area (Å²) in [4.78, 5) is 24.9. The number of carbonyl (C=O) groups is 2. The van der Waals surface area contributed by atoms with E-state index in [1.165, 1.54) is 33.5 Å². The number of hydrazine groups is 1. The number of hydrogen-bond donors (Lipinski definition) is 3. The number of thiocarbonyl (C=S) groups is 1. The van der Waals surface area contributed by atoms with Crippen molar-refractivity contribution in [1.29, 1.82) is 0 Å². The zero-order chi connectivity index (χ0) is 23.7. The van der Waals surface area contributed by atoms with Gasteiger partial charge in [0.1, 0.15) is 5.75 Å². The predicted molar refractivity (Wildman–Crippen MR) is 124 cm³/mol. The molecule has 0 unspecified atom stereocenters. The first-order valence-electron chi connectivity index (χ1n) is 9.73. The van der Waals surface area contributed by atoms with Gasteiger partial charge in [-0.2, -0.15) is 0 Å². The van der Waals surface area contributed by atoms with Crippen molar-refractivity contribution in [2.45, 2.75) is 13.8 Å². The number of methoxy groups -OCH3 is 3. The third-order valence-corrected chi connectivity index (χ3v) is 4.33. The highest BCUT2D eigenvalue weighted by Crippen LogP contribution is 2.38. The fourth-order valence-corrected chi connectivity index (χ4v) is 2.74. The molecule has 0 saturated heterocycles. The van der Waals surface area contributed by atoms with Crippen LogP contribution >= 0.6 is 12.2 Å². The van der Waals surface area contributed by atoms with Gasteiger partial charge in [-0.25, -0.2) is 0 Å². The Labute approximate surface area is 192 Å². The average Bonchev–Trinajstić information content (AvgIpc) is 2.80. The molecular formula is C22H27N3O6S. The maximum absolute atomic E-state index is 12.5. The van der Waals surface area contributed by atoms with Gasteiger partial charge in [-0.1, -0.05) is 19.9 Å². The second-order valence-corrected chi connectivity index (χ2v) is 7.42. The van der Waals surface area contributed by atoms with Crippen LogP contribution in [-0.4, -0.2) is 44.9 Å². The van der Waals surface area contributed by atoms with E-state index in [9.17, 15) is 9.59 Å². The lowest BCUT2D eigenvalue weighted by molar-refractivity contribution is 0.0934. The highest BCUT2D eigenvalue weighted by atomic mass is 32.1. The molecule has 0 aliphatic carbocycles. The van der Waals surface area contributed by atoms with Gasteiger partial charge >= 0.3 is 0 Å². The Balaban J connectivity index is 1.97. The van der Waals surface area contributed by atoms with Crippen molar-refractivity contribution in [3.8, 4) is 23.0 Å². The van der Waals surface area contributed by atoms with Gasteiger partial charge in [0.15, 0.2) is 16.6 Å². The van der Waals surface area contributed by atoms with Crippen molar-refractivity contribution >= 4 is 29.1 Å². The molecule has 10 heteroatoms. The third-order valence-electron chi connectivity index (χ3n) is 4.12. The van der Waals surface area contributed by atoms with Crippen LogP contribution in [0, 0.1) is 5.92 Å². The zero-order valence-corrected chi connectivity index (χ0v) is 19.4. The van der Waals surface area contributed by atoms with E-state index in [0.717, 1.165) is 0 Å². The van der Waals surface area contributed by atoms with E-state index in [4.69, 9.17) is 31.2 Å². The van der Waals surface area contributed by atoms with Gasteiger partial charge in [-0.15, -0.1) is 0 Å². The number of ether oxygens (including phenoxy) is 4. The number of hydrogen-bond acceptors (Lipinski definition) is 7. The van der Waals surface area contributed by atoms with E-state index in [-0.39, 0.29) is 10.7 Å². The summed E-state index contributed by atoms with van der Waals surface area (Å²) in [6, 6.07) is 9.72. The molecule has 0 heterocycles. The lowest BCUT2D eigenvalue weighted by Crippen LogP contribution is -2.48. The molecule has 2 aromatic rings. The van der Waals surface area contributed by atoms with Gasteiger partial charge in [-0.3, -0.25) is 25.8 Å². The summed E-state index contributed by atoms with van der Waals surface area (Å²) < 4.78 is 21.3. The molecule has 3 N–H and O–H groups in total. The lowest BCUT2D eigenvalue weighted by atomic mass is 10.1. The second-order valence-electron chi connectivity index (χ2n) is 7.01. The van der Waals surface area contributed by atoms with E-state index >= 15 is 0 Å². The number of benzene rings is 2. The standard InChI is InChI=1S/C22H27N3O6S/c1-13(2)12-31-16-8-6-7-14(9-16)20(26)23-22(32)25-24-21(27)15-10-17(28-3)19(30-5)18(11-15)29-4/h6-11,13H,12H2,1-5H3,(H,24,27)(H2,23,25,26,32). The van der Waals surface area contributed by atoms with Gasteiger partial charge in [0.25, 0.3) is 11.8 Å². The largest absolute Gasteiger partial charge is 0.493 e. The molecular weight excluding hydrogens is 434 g/mol. The first kappa shape index (κ1) is 24.7. The van der Waals surface area contributed by atoms with Crippen LogP contribution in [0.15, 0.2) is 36.4 Å². The fourth-order valence-electron chi connectivity index (χ4n) is 2.59. The van der Waals surface area contributed by atoms with Crippen LogP contribution in [0.1, 0.15) is 34.6 Å². The van der Waals surface area contributed by atoms with E-state index in [0.29, 0.717) is 41.1 Å². The van der Waals surface area contributed by atoms with Crippen molar-refractivity contribution in [3.05, 3.63) is 47.5 Å².